The predicted molar refractivity (Wildman–Crippen MR) is 53.4 cm³/mol. The van der Waals surface area contributed by atoms with E-state index in [1.54, 1.807) is 6.92 Å². The largest absolute Gasteiger partial charge is 0.452 e. The number of rotatable bonds is 5. The zero-order chi connectivity index (χ0) is 11.7. The Morgan fingerprint density at radius 3 is 2.27 bits per heavy atom. The standard InChI is InChI=1S/C11H12O4/c1-4-6-14-10(12)8-9(3)11(13)15-7-5-2/h1-2,9H,6-8H2,3H3. The molecule has 0 aliphatic heterocycles. The van der Waals surface area contributed by atoms with Crippen molar-refractivity contribution in [3.05, 3.63) is 0 Å². The van der Waals surface area contributed by atoms with Crippen LogP contribution in [0.1, 0.15) is 13.3 Å². The van der Waals surface area contributed by atoms with Gasteiger partial charge in [-0.05, 0) is 0 Å². The second-order valence-electron chi connectivity index (χ2n) is 2.78. The molecule has 0 aliphatic carbocycles. The van der Waals surface area contributed by atoms with Crippen LogP contribution in [0.15, 0.2) is 0 Å². The number of carbonyl (C=O) groups excluding carboxylic acids is 2. The normalized spacial score (nSPS) is 10.6. The maximum Gasteiger partial charge on any atom is 0.310 e. The van der Waals surface area contributed by atoms with Gasteiger partial charge in [0.1, 0.15) is 0 Å². The van der Waals surface area contributed by atoms with Crippen molar-refractivity contribution >= 4 is 11.9 Å². The van der Waals surface area contributed by atoms with E-state index >= 15 is 0 Å². The molecule has 0 saturated heterocycles. The summed E-state index contributed by atoms with van der Waals surface area (Å²) in [5.41, 5.74) is 0. The van der Waals surface area contributed by atoms with Crippen LogP contribution in [-0.2, 0) is 19.1 Å². The fourth-order valence-corrected chi connectivity index (χ4v) is 0.769. The Bertz CT molecular complexity index is 306. The third kappa shape index (κ3) is 6.17. The van der Waals surface area contributed by atoms with Crippen molar-refractivity contribution in [3.8, 4) is 24.7 Å². The number of terminal acetylenes is 2. The van der Waals surface area contributed by atoms with Gasteiger partial charge in [-0.15, -0.1) is 12.8 Å². The minimum absolute atomic E-state index is 0.0644. The summed E-state index contributed by atoms with van der Waals surface area (Å²) in [6, 6.07) is 0. The fraction of sp³-hybridized carbons (Fsp3) is 0.455. The first-order valence-corrected chi connectivity index (χ1v) is 4.31. The van der Waals surface area contributed by atoms with E-state index in [1.807, 2.05) is 0 Å². The number of esters is 2. The van der Waals surface area contributed by atoms with Gasteiger partial charge in [-0.3, -0.25) is 9.59 Å². The van der Waals surface area contributed by atoms with Gasteiger partial charge >= 0.3 is 11.9 Å². The zero-order valence-electron chi connectivity index (χ0n) is 8.49. The van der Waals surface area contributed by atoms with Crippen LogP contribution in [0.5, 0.6) is 0 Å². The van der Waals surface area contributed by atoms with Crippen molar-refractivity contribution in [1.29, 1.82) is 0 Å². The second-order valence-corrected chi connectivity index (χ2v) is 2.78. The third-order valence-corrected chi connectivity index (χ3v) is 1.49. The van der Waals surface area contributed by atoms with Crippen LogP contribution in [0.2, 0.25) is 0 Å². The molecule has 0 rings (SSSR count). The lowest BCUT2D eigenvalue weighted by atomic mass is 10.1. The Morgan fingerprint density at radius 2 is 1.73 bits per heavy atom. The smallest absolute Gasteiger partial charge is 0.310 e. The van der Waals surface area contributed by atoms with Gasteiger partial charge in [0.05, 0.1) is 12.3 Å². The highest BCUT2D eigenvalue weighted by atomic mass is 16.5. The average molecular weight is 208 g/mol. The molecular formula is C11H12O4. The number of hydrogen-bond acceptors (Lipinski definition) is 4. The van der Waals surface area contributed by atoms with Gasteiger partial charge in [-0.1, -0.05) is 18.8 Å². The maximum absolute atomic E-state index is 11.1. The van der Waals surface area contributed by atoms with Crippen LogP contribution in [0, 0.1) is 30.6 Å². The van der Waals surface area contributed by atoms with E-state index in [-0.39, 0.29) is 19.6 Å². The summed E-state index contributed by atoms with van der Waals surface area (Å²) in [6.45, 7) is 1.36. The molecule has 0 N–H and O–H groups in total. The molecule has 0 saturated carbocycles. The molecule has 1 unspecified atom stereocenters. The summed E-state index contributed by atoms with van der Waals surface area (Å²) in [7, 11) is 0. The lowest BCUT2D eigenvalue weighted by Crippen LogP contribution is -2.19. The SMILES string of the molecule is C#CCOC(=O)CC(C)C(=O)OCC#C. The quantitative estimate of drug-likeness (QED) is 0.483. The van der Waals surface area contributed by atoms with E-state index in [9.17, 15) is 9.59 Å². The van der Waals surface area contributed by atoms with Gasteiger partial charge in [0.15, 0.2) is 13.2 Å². The van der Waals surface area contributed by atoms with E-state index in [0.717, 1.165) is 0 Å². The molecule has 0 aliphatic rings. The van der Waals surface area contributed by atoms with Crippen molar-refractivity contribution in [2.24, 2.45) is 5.92 Å². The van der Waals surface area contributed by atoms with Gasteiger partial charge in [0, 0.05) is 0 Å². The molecule has 0 bridgehead atoms. The summed E-state index contributed by atoms with van der Waals surface area (Å²) >= 11 is 0. The summed E-state index contributed by atoms with van der Waals surface area (Å²) in [6.07, 6.45) is 9.73. The highest BCUT2D eigenvalue weighted by Gasteiger charge is 2.18. The van der Waals surface area contributed by atoms with E-state index < -0.39 is 17.9 Å². The minimum atomic E-state index is -0.580. The molecule has 0 spiro atoms. The first kappa shape index (κ1) is 13.1. The van der Waals surface area contributed by atoms with Crippen molar-refractivity contribution in [3.63, 3.8) is 0 Å². The predicted octanol–water partition coefficient (Wildman–Crippen LogP) is 0.365. The Labute approximate surface area is 88.9 Å². The Kier molecular flexibility index (Phi) is 6.50. The van der Waals surface area contributed by atoms with Crippen molar-refractivity contribution in [2.45, 2.75) is 13.3 Å². The van der Waals surface area contributed by atoms with E-state index in [2.05, 4.69) is 21.3 Å². The summed E-state index contributed by atoms with van der Waals surface area (Å²) in [4.78, 5) is 22.2. The fourth-order valence-electron chi connectivity index (χ4n) is 0.769. The van der Waals surface area contributed by atoms with Gasteiger partial charge in [0.25, 0.3) is 0 Å². The maximum atomic E-state index is 11.1. The molecule has 0 aromatic heterocycles. The van der Waals surface area contributed by atoms with Gasteiger partial charge in [-0.2, -0.15) is 0 Å². The van der Waals surface area contributed by atoms with Crippen LogP contribution in [0.4, 0.5) is 0 Å². The lowest BCUT2D eigenvalue weighted by Gasteiger charge is -2.08. The molecule has 0 aromatic rings. The lowest BCUT2D eigenvalue weighted by molar-refractivity contribution is -0.153. The molecular weight excluding hydrogens is 196 g/mol. The molecule has 4 nitrogen and oxygen atoms in total. The Morgan fingerprint density at radius 1 is 1.20 bits per heavy atom. The molecule has 0 heterocycles. The van der Waals surface area contributed by atoms with Crippen LogP contribution in [-0.4, -0.2) is 25.2 Å². The van der Waals surface area contributed by atoms with Crippen LogP contribution in [0.3, 0.4) is 0 Å². The summed E-state index contributed by atoms with van der Waals surface area (Å²) < 4.78 is 9.23. The average Bonchev–Trinajstić information content (AvgIpc) is 2.22. The highest BCUT2D eigenvalue weighted by Crippen LogP contribution is 2.05. The van der Waals surface area contributed by atoms with Crippen molar-refractivity contribution < 1.29 is 19.1 Å². The van der Waals surface area contributed by atoms with Gasteiger partial charge in [0.2, 0.25) is 0 Å². The molecule has 4 heteroatoms. The zero-order valence-corrected chi connectivity index (χ0v) is 8.49. The van der Waals surface area contributed by atoms with Gasteiger partial charge in [-0.25, -0.2) is 0 Å². The molecule has 0 aromatic carbocycles. The Hall–Kier alpha value is -1.94. The first-order valence-electron chi connectivity index (χ1n) is 4.31. The molecule has 1 atom stereocenters. The van der Waals surface area contributed by atoms with E-state index in [0.29, 0.717) is 0 Å². The third-order valence-electron chi connectivity index (χ3n) is 1.49. The van der Waals surface area contributed by atoms with Crippen LogP contribution < -0.4 is 0 Å². The second kappa shape index (κ2) is 7.46. The van der Waals surface area contributed by atoms with Gasteiger partial charge < -0.3 is 9.47 Å². The topological polar surface area (TPSA) is 52.6 Å². The molecule has 15 heavy (non-hydrogen) atoms. The van der Waals surface area contributed by atoms with Crippen LogP contribution in [0.25, 0.3) is 0 Å². The number of hydrogen-bond donors (Lipinski definition) is 0. The molecule has 0 amide bonds. The Balaban J connectivity index is 3.87. The summed E-state index contributed by atoms with van der Waals surface area (Å²) in [5.74, 6) is 2.67. The molecule has 0 radical (unpaired) electrons. The number of ether oxygens (including phenoxy) is 2. The molecule has 80 valence electrons. The minimum Gasteiger partial charge on any atom is -0.452 e. The van der Waals surface area contributed by atoms with Crippen molar-refractivity contribution in [1.82, 2.24) is 0 Å². The van der Waals surface area contributed by atoms with Crippen LogP contribution >= 0.6 is 0 Å². The monoisotopic (exact) mass is 208 g/mol. The van der Waals surface area contributed by atoms with E-state index in [1.165, 1.54) is 0 Å². The van der Waals surface area contributed by atoms with Crippen molar-refractivity contribution in [2.75, 3.05) is 13.2 Å². The molecule has 0 fully saturated rings. The van der Waals surface area contributed by atoms with E-state index in [4.69, 9.17) is 12.8 Å². The summed E-state index contributed by atoms with van der Waals surface area (Å²) in [5, 5.41) is 0. The number of carbonyl (C=O) groups is 2. The highest BCUT2D eigenvalue weighted by molar-refractivity contribution is 5.79. The first-order chi connectivity index (χ1) is 7.11.